The Balaban J connectivity index is 2.03. The number of hydrogen-bond donors (Lipinski definition) is 3. The Morgan fingerprint density at radius 1 is 1.33 bits per heavy atom. The summed E-state index contributed by atoms with van der Waals surface area (Å²) < 4.78 is 0. The first kappa shape index (κ1) is 13.6. The van der Waals surface area contributed by atoms with Gasteiger partial charge in [0.1, 0.15) is 5.75 Å². The normalized spacial score (nSPS) is 16.1. The van der Waals surface area contributed by atoms with Gasteiger partial charge >= 0.3 is 5.69 Å². The van der Waals surface area contributed by atoms with Crippen molar-refractivity contribution < 1.29 is 5.11 Å². The Hall–Kier alpha value is -2.34. The highest BCUT2D eigenvalue weighted by Gasteiger charge is 2.20. The molecule has 0 spiro atoms. The molecule has 6 nitrogen and oxygen atoms in total. The summed E-state index contributed by atoms with van der Waals surface area (Å²) in [5.74, 6) is 0.164. The molecule has 1 saturated heterocycles. The fraction of sp³-hybridized carbons (Fsp3) is 0.333. The van der Waals surface area contributed by atoms with Gasteiger partial charge in [-0.25, -0.2) is 4.79 Å². The molecule has 4 N–H and O–H groups in total. The molecule has 2 aromatic rings. The van der Waals surface area contributed by atoms with Crippen LogP contribution in [0.15, 0.2) is 35.3 Å². The highest BCUT2D eigenvalue weighted by atomic mass is 16.3. The summed E-state index contributed by atoms with van der Waals surface area (Å²) in [7, 11) is 0. The highest BCUT2D eigenvalue weighted by molar-refractivity contribution is 5.75. The molecule has 0 amide bonds. The third-order valence-corrected chi connectivity index (χ3v) is 3.81. The molecular weight excluding hydrogens is 268 g/mol. The topological polar surface area (TPSA) is 95.2 Å². The number of nitrogens with one attached hydrogen (secondary N) is 1. The van der Waals surface area contributed by atoms with Crippen molar-refractivity contribution in [1.29, 1.82) is 0 Å². The molecule has 0 aliphatic carbocycles. The van der Waals surface area contributed by atoms with Crippen molar-refractivity contribution in [3.63, 3.8) is 0 Å². The maximum atomic E-state index is 11.6. The zero-order valence-electron chi connectivity index (χ0n) is 11.6. The van der Waals surface area contributed by atoms with E-state index in [4.69, 9.17) is 5.73 Å². The van der Waals surface area contributed by atoms with E-state index in [0.29, 0.717) is 5.69 Å². The maximum absolute atomic E-state index is 11.6. The van der Waals surface area contributed by atoms with Crippen LogP contribution in [0.3, 0.4) is 0 Å². The zero-order valence-corrected chi connectivity index (χ0v) is 11.6. The van der Waals surface area contributed by atoms with Gasteiger partial charge in [-0.2, -0.15) is 4.98 Å². The van der Waals surface area contributed by atoms with Gasteiger partial charge in [-0.05, 0) is 25.0 Å². The molecule has 1 aliphatic rings. The Kier molecular flexibility index (Phi) is 3.62. The fourth-order valence-electron chi connectivity index (χ4n) is 2.65. The van der Waals surface area contributed by atoms with Crippen LogP contribution in [0.4, 0.5) is 5.69 Å². The summed E-state index contributed by atoms with van der Waals surface area (Å²) in [5, 5.41) is 9.64. The Labute approximate surface area is 122 Å². The van der Waals surface area contributed by atoms with E-state index in [2.05, 4.69) is 14.9 Å². The van der Waals surface area contributed by atoms with Crippen LogP contribution in [0.2, 0.25) is 0 Å². The molecule has 0 saturated carbocycles. The van der Waals surface area contributed by atoms with Gasteiger partial charge < -0.3 is 20.7 Å². The standard InChI is InChI=1S/C15H18N4O2/c16-11-4-6-19(7-5-11)13-9-17-15(21)18-14(13)10-2-1-3-12(20)8-10/h1-3,8-9,11,20H,4-7,16H2,(H,17,18,21). The molecule has 21 heavy (non-hydrogen) atoms. The molecular formula is C15H18N4O2. The molecule has 1 aromatic carbocycles. The summed E-state index contributed by atoms with van der Waals surface area (Å²) >= 11 is 0. The summed E-state index contributed by atoms with van der Waals surface area (Å²) in [6.45, 7) is 1.67. The second kappa shape index (κ2) is 5.57. The zero-order chi connectivity index (χ0) is 14.8. The molecule has 1 fully saturated rings. The fourth-order valence-corrected chi connectivity index (χ4v) is 2.65. The lowest BCUT2D eigenvalue weighted by Gasteiger charge is -2.32. The van der Waals surface area contributed by atoms with Crippen LogP contribution in [0.25, 0.3) is 11.3 Å². The lowest BCUT2D eigenvalue weighted by molar-refractivity contribution is 0.475. The number of rotatable bonds is 2. The van der Waals surface area contributed by atoms with E-state index in [-0.39, 0.29) is 11.8 Å². The van der Waals surface area contributed by atoms with E-state index in [1.165, 1.54) is 0 Å². The molecule has 1 aliphatic heterocycles. The average molecular weight is 286 g/mol. The molecule has 6 heteroatoms. The number of H-pyrrole nitrogens is 1. The minimum atomic E-state index is -0.397. The van der Waals surface area contributed by atoms with Crippen LogP contribution in [0.1, 0.15) is 12.8 Å². The van der Waals surface area contributed by atoms with Gasteiger partial charge in [-0.3, -0.25) is 0 Å². The summed E-state index contributed by atoms with van der Waals surface area (Å²) in [6, 6.07) is 7.07. The third kappa shape index (κ3) is 2.90. The van der Waals surface area contributed by atoms with Crippen molar-refractivity contribution >= 4 is 5.69 Å². The average Bonchev–Trinajstić information content (AvgIpc) is 2.48. The third-order valence-electron chi connectivity index (χ3n) is 3.81. The highest BCUT2D eigenvalue weighted by Crippen LogP contribution is 2.30. The number of phenols is 1. The minimum absolute atomic E-state index is 0.164. The largest absolute Gasteiger partial charge is 0.508 e. The number of aromatic nitrogens is 2. The molecule has 110 valence electrons. The van der Waals surface area contributed by atoms with E-state index in [1.54, 1.807) is 24.4 Å². The van der Waals surface area contributed by atoms with Crippen molar-refractivity contribution in [2.45, 2.75) is 18.9 Å². The number of piperidine rings is 1. The first-order valence-electron chi connectivity index (χ1n) is 7.03. The van der Waals surface area contributed by atoms with E-state index in [9.17, 15) is 9.90 Å². The van der Waals surface area contributed by atoms with E-state index in [0.717, 1.165) is 37.2 Å². The van der Waals surface area contributed by atoms with Gasteiger partial charge in [0.05, 0.1) is 17.6 Å². The lowest BCUT2D eigenvalue weighted by atomic mass is 10.0. The van der Waals surface area contributed by atoms with Crippen LogP contribution in [0, 0.1) is 0 Å². The van der Waals surface area contributed by atoms with Crippen LogP contribution in [0.5, 0.6) is 5.75 Å². The van der Waals surface area contributed by atoms with E-state index >= 15 is 0 Å². The number of aromatic amines is 1. The molecule has 1 aromatic heterocycles. The van der Waals surface area contributed by atoms with Crippen LogP contribution >= 0.6 is 0 Å². The smallest absolute Gasteiger partial charge is 0.345 e. The lowest BCUT2D eigenvalue weighted by Crippen LogP contribution is -2.40. The number of aromatic hydroxyl groups is 1. The van der Waals surface area contributed by atoms with Gasteiger partial charge in [0.2, 0.25) is 0 Å². The van der Waals surface area contributed by atoms with Crippen molar-refractivity contribution in [3.05, 3.63) is 40.9 Å². The van der Waals surface area contributed by atoms with E-state index < -0.39 is 5.69 Å². The van der Waals surface area contributed by atoms with Crippen molar-refractivity contribution in [1.82, 2.24) is 9.97 Å². The van der Waals surface area contributed by atoms with Gasteiger partial charge in [-0.15, -0.1) is 0 Å². The molecule has 0 radical (unpaired) electrons. The summed E-state index contributed by atoms with van der Waals surface area (Å²) in [5.41, 5.74) is 7.85. The van der Waals surface area contributed by atoms with Crippen molar-refractivity contribution in [2.24, 2.45) is 5.73 Å². The second-order valence-electron chi connectivity index (χ2n) is 5.32. The number of benzene rings is 1. The minimum Gasteiger partial charge on any atom is -0.508 e. The van der Waals surface area contributed by atoms with E-state index in [1.807, 2.05) is 6.07 Å². The molecule has 2 heterocycles. The van der Waals surface area contributed by atoms with Crippen LogP contribution in [-0.2, 0) is 0 Å². The number of phenolic OH excluding ortho intramolecular Hbond substituents is 1. The molecule has 0 bridgehead atoms. The number of anilines is 1. The second-order valence-corrected chi connectivity index (χ2v) is 5.32. The van der Waals surface area contributed by atoms with Gasteiger partial charge in [0.25, 0.3) is 0 Å². The molecule has 3 rings (SSSR count). The SMILES string of the molecule is NC1CCN(c2cnc(=O)[nH]c2-c2cccc(O)c2)CC1. The van der Waals surface area contributed by atoms with Gasteiger partial charge in [-0.1, -0.05) is 12.1 Å². The van der Waals surface area contributed by atoms with Crippen molar-refractivity contribution in [3.8, 4) is 17.0 Å². The first-order chi connectivity index (χ1) is 10.1. The molecule has 0 atom stereocenters. The van der Waals surface area contributed by atoms with Crippen molar-refractivity contribution in [2.75, 3.05) is 18.0 Å². The Bertz CT molecular complexity index is 690. The predicted molar refractivity (Wildman–Crippen MR) is 81.4 cm³/mol. The van der Waals surface area contributed by atoms with Gasteiger partial charge in [0.15, 0.2) is 0 Å². The number of hydrogen-bond acceptors (Lipinski definition) is 5. The van der Waals surface area contributed by atoms with Crippen LogP contribution in [-0.4, -0.2) is 34.2 Å². The molecule has 0 unspecified atom stereocenters. The quantitative estimate of drug-likeness (QED) is 0.767. The summed E-state index contributed by atoms with van der Waals surface area (Å²) in [6.07, 6.45) is 3.42. The summed E-state index contributed by atoms with van der Waals surface area (Å²) in [4.78, 5) is 20.4. The van der Waals surface area contributed by atoms with Gasteiger partial charge in [0, 0.05) is 24.7 Å². The first-order valence-corrected chi connectivity index (χ1v) is 7.03. The number of nitrogens with two attached hydrogens (primary N) is 1. The monoisotopic (exact) mass is 286 g/mol. The van der Waals surface area contributed by atoms with Crippen LogP contribution < -0.4 is 16.3 Å². The Morgan fingerprint density at radius 3 is 2.81 bits per heavy atom. The Morgan fingerprint density at radius 2 is 2.10 bits per heavy atom. The predicted octanol–water partition coefficient (Wildman–Crippen LogP) is 1.07. The maximum Gasteiger partial charge on any atom is 0.345 e. The number of nitrogens with zero attached hydrogens (tertiary/aromatic N) is 2.